The SMILES string of the molecule is CCCCN(C(=O)CCC)C(C)c1nc2ccccc2c(=O)n1-c1ccc(F)c(Cl)c1. The maximum absolute atomic E-state index is 13.8. The number of fused-ring (bicyclic) bond motifs is 1. The van der Waals surface area contributed by atoms with Crippen LogP contribution < -0.4 is 5.56 Å². The Morgan fingerprint density at radius 3 is 2.61 bits per heavy atom. The number of hydrogen-bond acceptors (Lipinski definition) is 3. The molecule has 2 aromatic carbocycles. The Balaban J connectivity index is 2.24. The number of unbranched alkanes of at least 4 members (excludes halogenated alkanes) is 1. The Morgan fingerprint density at radius 2 is 1.94 bits per heavy atom. The van der Waals surface area contributed by atoms with E-state index in [9.17, 15) is 14.0 Å². The van der Waals surface area contributed by atoms with E-state index in [1.165, 1.54) is 22.8 Å². The fourth-order valence-electron chi connectivity index (χ4n) is 3.66. The molecular formula is C24H27ClFN3O2. The lowest BCUT2D eigenvalue weighted by Gasteiger charge is -2.30. The van der Waals surface area contributed by atoms with Crippen LogP contribution in [0, 0.1) is 5.82 Å². The molecule has 0 aliphatic carbocycles. The van der Waals surface area contributed by atoms with Crippen molar-refractivity contribution < 1.29 is 9.18 Å². The van der Waals surface area contributed by atoms with Gasteiger partial charge in [-0.15, -0.1) is 0 Å². The largest absolute Gasteiger partial charge is 0.333 e. The number of nitrogens with zero attached hydrogens (tertiary/aromatic N) is 3. The Morgan fingerprint density at radius 1 is 1.19 bits per heavy atom. The van der Waals surface area contributed by atoms with Gasteiger partial charge in [-0.3, -0.25) is 14.2 Å². The minimum Gasteiger partial charge on any atom is -0.333 e. The number of aromatic nitrogens is 2. The third kappa shape index (κ3) is 4.79. The van der Waals surface area contributed by atoms with Crippen LogP contribution in [0.15, 0.2) is 47.3 Å². The molecule has 1 amide bonds. The van der Waals surface area contributed by atoms with Gasteiger partial charge in [0.25, 0.3) is 5.56 Å². The van der Waals surface area contributed by atoms with Gasteiger partial charge in [0.15, 0.2) is 0 Å². The van der Waals surface area contributed by atoms with E-state index in [4.69, 9.17) is 16.6 Å². The van der Waals surface area contributed by atoms with Gasteiger partial charge in [-0.25, -0.2) is 9.37 Å². The average Bonchev–Trinajstić information content (AvgIpc) is 2.76. The lowest BCUT2D eigenvalue weighted by molar-refractivity contribution is -0.133. The summed E-state index contributed by atoms with van der Waals surface area (Å²) in [7, 11) is 0. The molecule has 0 fully saturated rings. The van der Waals surface area contributed by atoms with Crippen LogP contribution in [0.25, 0.3) is 16.6 Å². The zero-order valence-corrected chi connectivity index (χ0v) is 18.8. The number of para-hydroxylation sites is 1. The number of hydrogen-bond donors (Lipinski definition) is 0. The summed E-state index contributed by atoms with van der Waals surface area (Å²) in [5, 5.41) is 0.361. The van der Waals surface area contributed by atoms with E-state index in [2.05, 4.69) is 6.92 Å². The van der Waals surface area contributed by atoms with E-state index < -0.39 is 11.9 Å². The number of carbonyl (C=O) groups excluding carboxylic acids is 1. The number of rotatable bonds is 8. The van der Waals surface area contributed by atoms with E-state index in [1.54, 1.807) is 23.1 Å². The molecule has 0 aliphatic heterocycles. The highest BCUT2D eigenvalue weighted by molar-refractivity contribution is 6.30. The van der Waals surface area contributed by atoms with E-state index in [0.717, 1.165) is 19.3 Å². The van der Waals surface area contributed by atoms with Crippen LogP contribution in [0.3, 0.4) is 0 Å². The number of amides is 1. The summed E-state index contributed by atoms with van der Waals surface area (Å²) in [6.45, 7) is 6.48. The highest BCUT2D eigenvalue weighted by atomic mass is 35.5. The molecule has 0 N–H and O–H groups in total. The Kier molecular flexibility index (Phi) is 7.44. The van der Waals surface area contributed by atoms with E-state index in [0.29, 0.717) is 35.4 Å². The van der Waals surface area contributed by atoms with Gasteiger partial charge < -0.3 is 4.90 Å². The monoisotopic (exact) mass is 443 g/mol. The van der Waals surface area contributed by atoms with Gasteiger partial charge in [0.1, 0.15) is 11.6 Å². The summed E-state index contributed by atoms with van der Waals surface area (Å²) in [6, 6.07) is 10.8. The van der Waals surface area contributed by atoms with Crippen molar-refractivity contribution in [1.29, 1.82) is 0 Å². The summed E-state index contributed by atoms with van der Waals surface area (Å²) in [6.07, 6.45) is 2.95. The van der Waals surface area contributed by atoms with Crippen molar-refractivity contribution in [2.75, 3.05) is 6.54 Å². The highest BCUT2D eigenvalue weighted by Gasteiger charge is 2.26. The van der Waals surface area contributed by atoms with Gasteiger partial charge in [-0.1, -0.05) is 44.0 Å². The number of benzene rings is 2. The molecule has 0 aliphatic rings. The second-order valence-electron chi connectivity index (χ2n) is 7.59. The highest BCUT2D eigenvalue weighted by Crippen LogP contribution is 2.26. The minimum atomic E-state index is -0.565. The van der Waals surface area contributed by atoms with E-state index in [1.807, 2.05) is 19.9 Å². The van der Waals surface area contributed by atoms with Crippen molar-refractivity contribution in [3.05, 3.63) is 69.5 Å². The van der Waals surface area contributed by atoms with Crippen molar-refractivity contribution in [2.24, 2.45) is 0 Å². The molecule has 0 saturated heterocycles. The lowest BCUT2D eigenvalue weighted by atomic mass is 10.1. The third-order valence-corrected chi connectivity index (χ3v) is 5.63. The maximum Gasteiger partial charge on any atom is 0.266 e. The fraction of sp³-hybridized carbons (Fsp3) is 0.375. The maximum atomic E-state index is 13.8. The Labute approximate surface area is 186 Å². The van der Waals surface area contributed by atoms with E-state index in [-0.39, 0.29) is 16.5 Å². The van der Waals surface area contributed by atoms with Crippen molar-refractivity contribution in [1.82, 2.24) is 14.5 Å². The molecule has 5 nitrogen and oxygen atoms in total. The van der Waals surface area contributed by atoms with Gasteiger partial charge in [0, 0.05) is 13.0 Å². The summed E-state index contributed by atoms with van der Waals surface area (Å²) in [4.78, 5) is 32.9. The van der Waals surface area contributed by atoms with Gasteiger partial charge in [-0.05, 0) is 50.1 Å². The van der Waals surface area contributed by atoms with E-state index >= 15 is 0 Å². The molecule has 0 radical (unpaired) electrons. The first-order valence-electron chi connectivity index (χ1n) is 10.7. The first-order chi connectivity index (χ1) is 14.9. The zero-order chi connectivity index (χ0) is 22.5. The number of halogens is 2. The van der Waals surface area contributed by atoms with Gasteiger partial charge in [-0.2, -0.15) is 0 Å². The van der Waals surface area contributed by atoms with Crippen LogP contribution in [0.2, 0.25) is 5.02 Å². The van der Waals surface area contributed by atoms with Crippen molar-refractivity contribution in [3.8, 4) is 5.69 Å². The smallest absolute Gasteiger partial charge is 0.266 e. The van der Waals surface area contributed by atoms with Crippen LogP contribution in [-0.4, -0.2) is 26.9 Å². The van der Waals surface area contributed by atoms with Crippen molar-refractivity contribution >= 4 is 28.4 Å². The van der Waals surface area contributed by atoms with Gasteiger partial charge in [0.05, 0.1) is 27.7 Å². The quantitative estimate of drug-likeness (QED) is 0.450. The second kappa shape index (κ2) is 10.1. The van der Waals surface area contributed by atoms with Gasteiger partial charge in [0.2, 0.25) is 5.91 Å². The molecule has 0 bridgehead atoms. The summed E-state index contributed by atoms with van der Waals surface area (Å²) in [5.41, 5.74) is 0.681. The average molecular weight is 444 g/mol. The van der Waals surface area contributed by atoms with Crippen LogP contribution >= 0.6 is 11.6 Å². The first-order valence-corrected chi connectivity index (χ1v) is 11.0. The Hall–Kier alpha value is -2.73. The van der Waals surface area contributed by atoms with Crippen LogP contribution in [0.1, 0.15) is 58.3 Å². The molecule has 1 unspecified atom stereocenters. The van der Waals surface area contributed by atoms with Crippen LogP contribution in [0.4, 0.5) is 4.39 Å². The molecule has 1 aromatic heterocycles. The molecule has 31 heavy (non-hydrogen) atoms. The molecule has 7 heteroatoms. The molecule has 1 heterocycles. The fourth-order valence-corrected chi connectivity index (χ4v) is 3.84. The zero-order valence-electron chi connectivity index (χ0n) is 18.1. The minimum absolute atomic E-state index is 0.0227. The van der Waals surface area contributed by atoms with Crippen molar-refractivity contribution in [3.63, 3.8) is 0 Å². The molecule has 1 atom stereocenters. The normalized spacial score (nSPS) is 12.2. The van der Waals surface area contributed by atoms with Crippen LogP contribution in [0.5, 0.6) is 0 Å². The second-order valence-corrected chi connectivity index (χ2v) is 8.00. The third-order valence-electron chi connectivity index (χ3n) is 5.34. The summed E-state index contributed by atoms with van der Waals surface area (Å²) >= 11 is 6.01. The predicted octanol–water partition coefficient (Wildman–Crippen LogP) is 5.67. The number of carbonyl (C=O) groups is 1. The molecule has 3 aromatic rings. The first kappa shape index (κ1) is 22.9. The Bertz CT molecular complexity index is 1150. The molecule has 0 spiro atoms. The molecular weight excluding hydrogens is 417 g/mol. The van der Waals surface area contributed by atoms with Crippen LogP contribution in [-0.2, 0) is 4.79 Å². The standard InChI is InChI=1S/C24H27ClFN3O2/c1-4-6-14-28(22(30)9-5-2)16(3)23-27-21-11-8-7-10-18(21)24(31)29(23)17-12-13-20(26)19(25)15-17/h7-8,10-13,15-16H,4-6,9,14H2,1-3H3. The lowest BCUT2D eigenvalue weighted by Crippen LogP contribution is -2.38. The molecule has 0 saturated carbocycles. The summed E-state index contributed by atoms with van der Waals surface area (Å²) < 4.78 is 15.2. The topological polar surface area (TPSA) is 55.2 Å². The summed E-state index contributed by atoms with van der Waals surface area (Å²) in [5.74, 6) is -0.119. The van der Waals surface area contributed by atoms with Crippen molar-refractivity contribution in [2.45, 2.75) is 52.5 Å². The molecule has 3 rings (SSSR count). The van der Waals surface area contributed by atoms with Gasteiger partial charge >= 0.3 is 0 Å². The predicted molar refractivity (Wildman–Crippen MR) is 122 cm³/mol. The molecule has 164 valence electrons.